The molecule has 0 aliphatic rings. The molecular weight excluding hydrogens is 394 g/mol. The molecule has 1 N–H and O–H groups in total. The Hall–Kier alpha value is -2.18. The fourth-order valence-corrected chi connectivity index (χ4v) is 2.61. The van der Waals surface area contributed by atoms with Crippen molar-refractivity contribution in [3.05, 3.63) is 63.9 Å². The van der Waals surface area contributed by atoms with Gasteiger partial charge in [-0.1, -0.05) is 38.8 Å². The monoisotopic (exact) mass is 405 g/mol. The minimum Gasteiger partial charge on any atom is -0.339 e. The average molecular weight is 407 g/mol. The number of benzene rings is 2. The summed E-state index contributed by atoms with van der Waals surface area (Å²) < 4.78 is 6.09. The van der Waals surface area contributed by atoms with E-state index in [1.807, 2.05) is 36.4 Å². The van der Waals surface area contributed by atoms with Crippen LogP contribution in [-0.2, 0) is 11.2 Å². The Morgan fingerprint density at radius 2 is 2.00 bits per heavy atom. The molecule has 122 valence electrons. The molecule has 0 spiro atoms. The van der Waals surface area contributed by atoms with Crippen LogP contribution in [0.1, 0.15) is 12.3 Å². The Labute approximate surface area is 152 Å². The van der Waals surface area contributed by atoms with Gasteiger partial charge in [0.25, 0.3) is 0 Å². The van der Waals surface area contributed by atoms with E-state index in [0.717, 1.165) is 15.7 Å². The standard InChI is InChI=1S/C17H13BrClN3O2/c18-12-2-1-3-14(10-12)20-15(23)8-9-16-21-17(22-24-16)11-4-6-13(19)7-5-11/h1-7,10H,8-9H2,(H,20,23). The SMILES string of the molecule is O=C(CCc1nc(-c2ccc(Cl)cc2)no1)Nc1cccc(Br)c1. The van der Waals surface area contributed by atoms with Crippen LogP contribution in [0.5, 0.6) is 0 Å². The highest BCUT2D eigenvalue weighted by molar-refractivity contribution is 9.10. The van der Waals surface area contributed by atoms with E-state index in [9.17, 15) is 4.79 Å². The highest BCUT2D eigenvalue weighted by Crippen LogP contribution is 2.19. The topological polar surface area (TPSA) is 68.0 Å². The molecule has 1 amide bonds. The van der Waals surface area contributed by atoms with E-state index in [2.05, 4.69) is 31.4 Å². The lowest BCUT2D eigenvalue weighted by atomic mass is 10.2. The predicted octanol–water partition coefficient (Wildman–Crippen LogP) is 4.72. The van der Waals surface area contributed by atoms with Crippen molar-refractivity contribution in [1.29, 1.82) is 0 Å². The number of carbonyl (C=O) groups excluding carboxylic acids is 1. The molecule has 0 bridgehead atoms. The van der Waals surface area contributed by atoms with Gasteiger partial charge in [0.1, 0.15) is 0 Å². The summed E-state index contributed by atoms with van der Waals surface area (Å²) >= 11 is 9.22. The summed E-state index contributed by atoms with van der Waals surface area (Å²) in [6.07, 6.45) is 0.634. The molecule has 0 atom stereocenters. The number of nitrogens with one attached hydrogen (secondary N) is 1. The summed E-state index contributed by atoms with van der Waals surface area (Å²) in [7, 11) is 0. The van der Waals surface area contributed by atoms with E-state index in [1.54, 1.807) is 12.1 Å². The van der Waals surface area contributed by atoms with Gasteiger partial charge in [0, 0.05) is 33.6 Å². The van der Waals surface area contributed by atoms with Crippen LogP contribution in [0.4, 0.5) is 5.69 Å². The zero-order valence-corrected chi connectivity index (χ0v) is 14.8. The largest absolute Gasteiger partial charge is 0.339 e. The van der Waals surface area contributed by atoms with E-state index in [0.29, 0.717) is 23.2 Å². The van der Waals surface area contributed by atoms with Crippen LogP contribution in [0, 0.1) is 0 Å². The molecule has 0 radical (unpaired) electrons. The van der Waals surface area contributed by atoms with Crippen molar-refractivity contribution < 1.29 is 9.32 Å². The molecule has 2 aromatic carbocycles. The first-order chi connectivity index (χ1) is 11.6. The first kappa shape index (κ1) is 16.7. The number of hydrogen-bond donors (Lipinski definition) is 1. The number of carbonyl (C=O) groups is 1. The second kappa shape index (κ2) is 7.59. The molecule has 7 heteroatoms. The number of amides is 1. The number of nitrogens with zero attached hydrogens (tertiary/aromatic N) is 2. The van der Waals surface area contributed by atoms with Crippen LogP contribution in [0.25, 0.3) is 11.4 Å². The molecule has 1 aromatic heterocycles. The van der Waals surface area contributed by atoms with Crippen LogP contribution >= 0.6 is 27.5 Å². The van der Waals surface area contributed by atoms with E-state index in [4.69, 9.17) is 16.1 Å². The molecule has 5 nitrogen and oxygen atoms in total. The van der Waals surface area contributed by atoms with Gasteiger partial charge in [-0.15, -0.1) is 0 Å². The van der Waals surface area contributed by atoms with Crippen molar-refractivity contribution >= 4 is 39.1 Å². The Morgan fingerprint density at radius 1 is 1.21 bits per heavy atom. The van der Waals surface area contributed by atoms with Crippen LogP contribution in [0.3, 0.4) is 0 Å². The van der Waals surface area contributed by atoms with Gasteiger partial charge in [-0.25, -0.2) is 0 Å². The number of anilines is 1. The summed E-state index contributed by atoms with van der Waals surface area (Å²) in [6.45, 7) is 0. The van der Waals surface area contributed by atoms with Gasteiger partial charge in [0.2, 0.25) is 17.6 Å². The third-order valence-corrected chi connectivity index (χ3v) is 3.99. The maximum Gasteiger partial charge on any atom is 0.227 e. The molecule has 0 unspecified atom stereocenters. The summed E-state index contributed by atoms with van der Waals surface area (Å²) in [5.41, 5.74) is 1.55. The maximum atomic E-state index is 12.0. The Bertz CT molecular complexity index is 849. The Morgan fingerprint density at radius 3 is 2.75 bits per heavy atom. The Balaban J connectivity index is 1.57. The van der Waals surface area contributed by atoms with Gasteiger partial charge in [-0.2, -0.15) is 4.98 Å². The normalized spacial score (nSPS) is 10.6. The first-order valence-corrected chi connectivity index (χ1v) is 8.41. The predicted molar refractivity (Wildman–Crippen MR) is 95.8 cm³/mol. The number of aryl methyl sites for hydroxylation is 1. The quantitative estimate of drug-likeness (QED) is 0.665. The summed E-state index contributed by atoms with van der Waals surface area (Å²) in [6, 6.07) is 14.6. The van der Waals surface area contributed by atoms with E-state index >= 15 is 0 Å². The summed E-state index contributed by atoms with van der Waals surface area (Å²) in [5.74, 6) is 0.790. The zero-order chi connectivity index (χ0) is 16.9. The van der Waals surface area contributed by atoms with Crippen molar-refractivity contribution in [3.63, 3.8) is 0 Å². The van der Waals surface area contributed by atoms with Gasteiger partial charge in [0.15, 0.2) is 0 Å². The smallest absolute Gasteiger partial charge is 0.227 e. The number of rotatable bonds is 5. The summed E-state index contributed by atoms with van der Waals surface area (Å²) in [4.78, 5) is 16.3. The molecule has 3 rings (SSSR count). The lowest BCUT2D eigenvalue weighted by Crippen LogP contribution is -2.12. The summed E-state index contributed by atoms with van der Waals surface area (Å²) in [5, 5.41) is 7.39. The third kappa shape index (κ3) is 4.43. The minimum absolute atomic E-state index is 0.112. The number of halogens is 2. The molecule has 1 heterocycles. The molecule has 24 heavy (non-hydrogen) atoms. The van der Waals surface area contributed by atoms with Gasteiger partial charge >= 0.3 is 0 Å². The fraction of sp³-hybridized carbons (Fsp3) is 0.118. The molecule has 0 saturated heterocycles. The van der Waals surface area contributed by atoms with Crippen molar-refractivity contribution in [1.82, 2.24) is 10.1 Å². The second-order valence-electron chi connectivity index (χ2n) is 5.08. The van der Waals surface area contributed by atoms with Crippen molar-refractivity contribution in [3.8, 4) is 11.4 Å². The van der Waals surface area contributed by atoms with Gasteiger partial charge < -0.3 is 9.84 Å². The third-order valence-electron chi connectivity index (χ3n) is 3.24. The first-order valence-electron chi connectivity index (χ1n) is 7.24. The van der Waals surface area contributed by atoms with Crippen molar-refractivity contribution in [2.45, 2.75) is 12.8 Å². The van der Waals surface area contributed by atoms with Crippen LogP contribution < -0.4 is 5.32 Å². The van der Waals surface area contributed by atoms with Crippen LogP contribution in [0.2, 0.25) is 5.02 Å². The molecule has 3 aromatic rings. The number of hydrogen-bond acceptors (Lipinski definition) is 4. The fourth-order valence-electron chi connectivity index (χ4n) is 2.08. The highest BCUT2D eigenvalue weighted by atomic mass is 79.9. The van der Waals surface area contributed by atoms with Crippen LogP contribution in [0.15, 0.2) is 57.5 Å². The van der Waals surface area contributed by atoms with E-state index in [-0.39, 0.29) is 12.3 Å². The second-order valence-corrected chi connectivity index (χ2v) is 6.43. The van der Waals surface area contributed by atoms with E-state index in [1.165, 1.54) is 0 Å². The van der Waals surface area contributed by atoms with Gasteiger partial charge in [-0.05, 0) is 42.5 Å². The van der Waals surface area contributed by atoms with Crippen molar-refractivity contribution in [2.24, 2.45) is 0 Å². The Kier molecular flexibility index (Phi) is 5.27. The van der Waals surface area contributed by atoms with Gasteiger partial charge in [0.05, 0.1) is 0 Å². The molecule has 0 fully saturated rings. The lowest BCUT2D eigenvalue weighted by Gasteiger charge is -2.04. The zero-order valence-electron chi connectivity index (χ0n) is 12.5. The van der Waals surface area contributed by atoms with Crippen LogP contribution in [-0.4, -0.2) is 16.0 Å². The molecule has 0 aliphatic heterocycles. The maximum absolute atomic E-state index is 12.0. The molecular formula is C17H13BrClN3O2. The highest BCUT2D eigenvalue weighted by Gasteiger charge is 2.11. The minimum atomic E-state index is -0.112. The molecule has 0 aliphatic carbocycles. The van der Waals surface area contributed by atoms with Crippen molar-refractivity contribution in [2.75, 3.05) is 5.32 Å². The molecule has 0 saturated carbocycles. The lowest BCUT2D eigenvalue weighted by molar-refractivity contribution is -0.116. The van der Waals surface area contributed by atoms with E-state index < -0.39 is 0 Å². The number of aromatic nitrogens is 2. The van der Waals surface area contributed by atoms with Gasteiger partial charge in [-0.3, -0.25) is 4.79 Å². The average Bonchev–Trinajstić information content (AvgIpc) is 3.03.